The van der Waals surface area contributed by atoms with Crippen molar-refractivity contribution in [2.24, 2.45) is 20.5 Å². The van der Waals surface area contributed by atoms with Gasteiger partial charge >= 0.3 is 0 Å². The first-order chi connectivity index (χ1) is 20.2. The summed E-state index contributed by atoms with van der Waals surface area (Å²) in [5, 5.41) is 38.9. The van der Waals surface area contributed by atoms with Crippen molar-refractivity contribution in [2.75, 3.05) is 0 Å². The molecule has 0 saturated carbocycles. The van der Waals surface area contributed by atoms with E-state index in [0.717, 1.165) is 31.6 Å². The fourth-order valence-corrected chi connectivity index (χ4v) is 6.43. The van der Waals surface area contributed by atoms with Gasteiger partial charge in [-0.3, -0.25) is 0 Å². The van der Waals surface area contributed by atoms with E-state index in [1.165, 1.54) is 34.8 Å². The molecule has 4 aromatic carbocycles. The lowest BCUT2D eigenvalue weighted by Gasteiger charge is -2.11. The Morgan fingerprint density at radius 1 is 0.619 bits per heavy atom. The van der Waals surface area contributed by atoms with Gasteiger partial charge in [0.25, 0.3) is 0 Å². The molecule has 0 bridgehead atoms. The molecule has 0 aliphatic heterocycles. The summed E-state index contributed by atoms with van der Waals surface area (Å²) in [6.45, 7) is 4.03. The first-order valence-electron chi connectivity index (χ1n) is 12.5. The fraction of sp³-hybridized carbons (Fsp3) is 0.0667. The number of rotatable bonds is 6. The molecule has 0 saturated heterocycles. The predicted octanol–water partition coefficient (Wildman–Crippen LogP) is 11.0. The Morgan fingerprint density at radius 3 is 1.50 bits per heavy atom. The van der Waals surface area contributed by atoms with E-state index in [0.29, 0.717) is 27.0 Å². The maximum Gasteiger partial charge on any atom is 0.231 e. The second kappa shape index (κ2) is 11.6. The Kier molecular flexibility index (Phi) is 7.70. The van der Waals surface area contributed by atoms with Gasteiger partial charge in [0, 0.05) is 5.57 Å². The van der Waals surface area contributed by atoms with E-state index in [1.54, 1.807) is 24.3 Å². The summed E-state index contributed by atoms with van der Waals surface area (Å²) in [7, 11) is 0. The van der Waals surface area contributed by atoms with Crippen molar-refractivity contribution in [2.45, 2.75) is 13.8 Å². The quantitative estimate of drug-likeness (QED) is 0.178. The third kappa shape index (κ3) is 5.88. The van der Waals surface area contributed by atoms with Crippen LogP contribution < -0.4 is 0 Å². The van der Waals surface area contributed by atoms with Gasteiger partial charge in [0.15, 0.2) is 0 Å². The van der Waals surface area contributed by atoms with Crippen LogP contribution in [0.15, 0.2) is 97.7 Å². The van der Waals surface area contributed by atoms with Gasteiger partial charge in [0.1, 0.15) is 27.4 Å². The molecule has 12 heteroatoms. The van der Waals surface area contributed by atoms with E-state index in [1.807, 2.05) is 50.2 Å². The molecule has 6 aromatic rings. The lowest BCUT2D eigenvalue weighted by atomic mass is 9.98. The van der Waals surface area contributed by atoms with E-state index in [2.05, 4.69) is 30.4 Å². The first-order valence-corrected chi connectivity index (χ1v) is 14.9. The van der Waals surface area contributed by atoms with Crippen LogP contribution >= 0.6 is 45.9 Å². The van der Waals surface area contributed by atoms with Crippen LogP contribution in [-0.4, -0.2) is 20.2 Å². The minimum Gasteiger partial charge on any atom is -0.506 e. The van der Waals surface area contributed by atoms with Crippen molar-refractivity contribution in [3.8, 4) is 11.5 Å². The number of azo groups is 2. The average molecular weight is 632 g/mol. The van der Waals surface area contributed by atoms with Crippen molar-refractivity contribution >= 4 is 93.5 Å². The summed E-state index contributed by atoms with van der Waals surface area (Å²) < 4.78 is 1.97. The number of aromatic hydroxyl groups is 2. The molecule has 0 unspecified atom stereocenters. The van der Waals surface area contributed by atoms with Crippen LogP contribution in [0.2, 0.25) is 0 Å². The van der Waals surface area contributed by atoms with Crippen molar-refractivity contribution in [3.05, 3.63) is 99.5 Å². The number of aryl methyl sites for hydroxylation is 2. The molecule has 0 amide bonds. The highest BCUT2D eigenvalue weighted by molar-refractivity contribution is 7.22. The number of nitrogens with zero attached hydrogens (tertiary/aromatic N) is 6. The fourth-order valence-electron chi connectivity index (χ4n) is 4.22. The molecule has 8 nitrogen and oxygen atoms in total. The summed E-state index contributed by atoms with van der Waals surface area (Å²) in [5.74, 6) is -0.147. The molecule has 42 heavy (non-hydrogen) atoms. The highest BCUT2D eigenvalue weighted by Gasteiger charge is 2.15. The van der Waals surface area contributed by atoms with Gasteiger partial charge in [0.05, 0.1) is 20.4 Å². The van der Waals surface area contributed by atoms with E-state index >= 15 is 0 Å². The molecule has 6 rings (SSSR count). The molecule has 0 spiro atoms. The van der Waals surface area contributed by atoms with Gasteiger partial charge in [0.2, 0.25) is 10.3 Å². The van der Waals surface area contributed by atoms with Crippen molar-refractivity contribution in [1.29, 1.82) is 0 Å². The highest BCUT2D eigenvalue weighted by atomic mass is 35.5. The Bertz CT molecular complexity index is 1940. The standard InChI is InChI=1S/C30H20Cl2N6O2S2/c1-15-3-7-19-25(11-15)41-29(33-19)37-35-21-13-17(5-9-23(21)39)27(28(31)32)18-6-10-24(40)22(14-18)36-38-30-34-20-8-4-16(2)12-26(20)42-30/h3-14,39-40H,1-2H3. The zero-order valence-corrected chi connectivity index (χ0v) is 25.2. The third-order valence-electron chi connectivity index (χ3n) is 6.27. The zero-order chi connectivity index (χ0) is 29.4. The number of phenols is 2. The number of phenolic OH excluding ortho intramolecular Hbond substituents is 2. The van der Waals surface area contributed by atoms with Gasteiger partial charge in [-0.1, -0.05) is 70.1 Å². The predicted molar refractivity (Wildman–Crippen MR) is 171 cm³/mol. The summed E-state index contributed by atoms with van der Waals surface area (Å²) in [5.41, 5.74) is 5.90. The molecular weight excluding hydrogens is 611 g/mol. The summed E-state index contributed by atoms with van der Waals surface area (Å²) >= 11 is 15.5. The maximum absolute atomic E-state index is 10.5. The topological polar surface area (TPSA) is 116 Å². The Hall–Kier alpha value is -4.22. The molecule has 2 N–H and O–H groups in total. The molecule has 0 atom stereocenters. The molecule has 0 fully saturated rings. The van der Waals surface area contributed by atoms with Crippen molar-refractivity contribution in [3.63, 3.8) is 0 Å². The maximum atomic E-state index is 10.5. The van der Waals surface area contributed by atoms with E-state index in [4.69, 9.17) is 23.2 Å². The van der Waals surface area contributed by atoms with Crippen LogP contribution in [0.25, 0.3) is 26.0 Å². The summed E-state index contributed by atoms with van der Waals surface area (Å²) in [6.07, 6.45) is 0. The summed E-state index contributed by atoms with van der Waals surface area (Å²) in [4.78, 5) is 8.97. The van der Waals surface area contributed by atoms with Crippen LogP contribution in [0.5, 0.6) is 11.5 Å². The SMILES string of the molecule is Cc1ccc2nc(N=Nc3cc(C(=C(Cl)Cl)c4ccc(O)c(N=Nc5nc6ccc(C)cc6s5)c4)ccc3O)sc2c1. The number of hydrogen-bond donors (Lipinski definition) is 2. The second-order valence-corrected chi connectivity index (χ2v) is 12.3. The Morgan fingerprint density at radius 2 is 1.07 bits per heavy atom. The Balaban J connectivity index is 1.31. The highest BCUT2D eigenvalue weighted by Crippen LogP contribution is 2.40. The lowest BCUT2D eigenvalue weighted by molar-refractivity contribution is 0.476. The molecule has 2 heterocycles. The molecule has 0 aliphatic rings. The van der Waals surface area contributed by atoms with Crippen LogP contribution in [0.1, 0.15) is 22.3 Å². The van der Waals surface area contributed by atoms with Crippen LogP contribution in [0, 0.1) is 13.8 Å². The number of hydrogen-bond acceptors (Lipinski definition) is 10. The molecule has 0 aliphatic carbocycles. The van der Waals surface area contributed by atoms with Gasteiger partial charge < -0.3 is 10.2 Å². The third-order valence-corrected chi connectivity index (χ3v) is 8.45. The van der Waals surface area contributed by atoms with E-state index < -0.39 is 0 Å². The van der Waals surface area contributed by atoms with E-state index in [-0.39, 0.29) is 27.4 Å². The molecule has 208 valence electrons. The average Bonchev–Trinajstić information content (AvgIpc) is 3.55. The minimum atomic E-state index is -0.0734. The van der Waals surface area contributed by atoms with Crippen LogP contribution in [-0.2, 0) is 0 Å². The lowest BCUT2D eigenvalue weighted by Crippen LogP contribution is -1.89. The van der Waals surface area contributed by atoms with Crippen molar-refractivity contribution in [1.82, 2.24) is 9.97 Å². The number of halogens is 2. The van der Waals surface area contributed by atoms with Crippen molar-refractivity contribution < 1.29 is 10.2 Å². The molecular formula is C30H20Cl2N6O2S2. The Labute approximate surface area is 258 Å². The van der Waals surface area contributed by atoms with Gasteiger partial charge in [-0.25, -0.2) is 9.97 Å². The number of aromatic nitrogens is 2. The minimum absolute atomic E-state index is 0.0276. The second-order valence-electron chi connectivity index (χ2n) is 9.38. The van der Waals surface area contributed by atoms with Crippen LogP contribution in [0.4, 0.5) is 21.6 Å². The van der Waals surface area contributed by atoms with Gasteiger partial charge in [-0.15, -0.1) is 20.5 Å². The number of fused-ring (bicyclic) bond motifs is 2. The number of thiazole rings is 2. The normalized spacial score (nSPS) is 11.8. The van der Waals surface area contributed by atoms with E-state index in [9.17, 15) is 10.2 Å². The summed E-state index contributed by atoms with van der Waals surface area (Å²) in [6, 6.07) is 21.4. The number of benzene rings is 4. The molecule has 2 aromatic heterocycles. The van der Waals surface area contributed by atoms with Gasteiger partial charge in [-0.2, -0.15) is 0 Å². The smallest absolute Gasteiger partial charge is 0.231 e. The van der Waals surface area contributed by atoms with Gasteiger partial charge in [-0.05, 0) is 84.6 Å². The largest absolute Gasteiger partial charge is 0.506 e. The van der Waals surface area contributed by atoms with Crippen LogP contribution in [0.3, 0.4) is 0 Å². The zero-order valence-electron chi connectivity index (χ0n) is 22.1. The monoisotopic (exact) mass is 630 g/mol. The first kappa shape index (κ1) is 27.9. The molecule has 0 radical (unpaired) electrons.